The fraction of sp³-hybridized carbons (Fsp3) is 0.0182. The quantitative estimate of drug-likeness (QED) is 0.168. The van der Waals surface area contributed by atoms with E-state index in [9.17, 15) is 0 Å². The first-order valence-corrected chi connectivity index (χ1v) is 20.3. The Balaban J connectivity index is 0.968. The van der Waals surface area contributed by atoms with Crippen LogP contribution in [0.15, 0.2) is 218 Å². The molecule has 12 rings (SSSR count). The van der Waals surface area contributed by atoms with Gasteiger partial charge in [0.25, 0.3) is 0 Å². The smallest absolute Gasteiger partial charge is 0.0541 e. The largest absolute Gasteiger partial charge is 0.336 e. The normalized spacial score (nSPS) is 12.3. The molecule has 11 aromatic rings. The summed E-state index contributed by atoms with van der Waals surface area (Å²) in [6, 6.07) is 79.4. The predicted octanol–water partition coefficient (Wildman–Crippen LogP) is 14.7. The molecule has 0 saturated carbocycles. The zero-order valence-electron chi connectivity index (χ0n) is 32.3. The van der Waals surface area contributed by atoms with Crippen molar-refractivity contribution in [3.8, 4) is 22.5 Å². The van der Waals surface area contributed by atoms with Gasteiger partial charge in [-0.3, -0.25) is 0 Å². The van der Waals surface area contributed by atoms with Gasteiger partial charge in [0.1, 0.15) is 0 Å². The van der Waals surface area contributed by atoms with E-state index >= 15 is 0 Å². The number of hydrogen-bond acceptors (Lipinski definition) is 2. The van der Waals surface area contributed by atoms with Crippen molar-refractivity contribution in [3.63, 3.8) is 0 Å². The van der Waals surface area contributed by atoms with Crippen LogP contribution in [-0.2, 0) is 6.54 Å². The lowest BCUT2D eigenvalue weighted by Crippen LogP contribution is -2.21. The van der Waals surface area contributed by atoms with E-state index in [1.807, 2.05) is 0 Å². The Hall–Kier alpha value is -7.82. The Kier molecular flexibility index (Phi) is 7.57. The van der Waals surface area contributed by atoms with Crippen molar-refractivity contribution in [2.24, 2.45) is 0 Å². The van der Waals surface area contributed by atoms with Crippen molar-refractivity contribution in [1.82, 2.24) is 9.13 Å². The molecule has 0 amide bonds. The third-order valence-electron chi connectivity index (χ3n) is 12.1. The second kappa shape index (κ2) is 13.4. The van der Waals surface area contributed by atoms with E-state index in [4.69, 9.17) is 0 Å². The molecule has 0 N–H and O–H groups in total. The van der Waals surface area contributed by atoms with Gasteiger partial charge >= 0.3 is 0 Å². The van der Waals surface area contributed by atoms with Crippen LogP contribution in [0.25, 0.3) is 66.1 Å². The number of anilines is 5. The van der Waals surface area contributed by atoms with Gasteiger partial charge in [0.05, 0.1) is 22.1 Å². The fourth-order valence-electron chi connectivity index (χ4n) is 9.48. The highest BCUT2D eigenvalue weighted by molar-refractivity contribution is 6.10. The average molecular weight is 755 g/mol. The van der Waals surface area contributed by atoms with Crippen molar-refractivity contribution in [2.45, 2.75) is 6.54 Å². The molecule has 278 valence electrons. The fourth-order valence-corrected chi connectivity index (χ4v) is 9.48. The van der Waals surface area contributed by atoms with E-state index in [-0.39, 0.29) is 0 Å². The molecule has 0 radical (unpaired) electrons. The lowest BCUT2D eigenvalue weighted by atomic mass is 9.93. The number of para-hydroxylation sites is 5. The lowest BCUT2D eigenvalue weighted by Gasteiger charge is -2.33. The van der Waals surface area contributed by atoms with Crippen molar-refractivity contribution >= 4 is 72.0 Å². The molecule has 4 nitrogen and oxygen atoms in total. The highest BCUT2D eigenvalue weighted by atomic mass is 15.2. The maximum absolute atomic E-state index is 2.44. The van der Waals surface area contributed by atoms with E-state index in [1.165, 1.54) is 71.7 Å². The first kappa shape index (κ1) is 33.3. The van der Waals surface area contributed by atoms with Crippen LogP contribution in [0.4, 0.5) is 28.4 Å². The highest BCUT2D eigenvalue weighted by Crippen LogP contribution is 2.44. The van der Waals surface area contributed by atoms with Crippen molar-refractivity contribution in [1.29, 1.82) is 0 Å². The van der Waals surface area contributed by atoms with Crippen LogP contribution in [0, 0.1) is 0 Å². The summed E-state index contributed by atoms with van der Waals surface area (Å²) in [6.45, 7) is 0.824. The molecule has 0 aliphatic carbocycles. The number of nitrogens with zero attached hydrogens (tertiary/aromatic N) is 4. The van der Waals surface area contributed by atoms with E-state index < -0.39 is 0 Å². The highest BCUT2D eigenvalue weighted by Gasteiger charge is 2.23. The van der Waals surface area contributed by atoms with Gasteiger partial charge in [0.2, 0.25) is 0 Å². The summed E-state index contributed by atoms with van der Waals surface area (Å²) in [4.78, 5) is 4.81. The summed E-state index contributed by atoms with van der Waals surface area (Å²) in [6.07, 6.45) is 0. The van der Waals surface area contributed by atoms with Gasteiger partial charge in [0, 0.05) is 73.5 Å². The summed E-state index contributed by atoms with van der Waals surface area (Å²) in [5.74, 6) is 0. The molecule has 0 atom stereocenters. The van der Waals surface area contributed by atoms with Crippen LogP contribution in [0.2, 0.25) is 0 Å². The van der Waals surface area contributed by atoms with Crippen molar-refractivity contribution < 1.29 is 0 Å². The van der Waals surface area contributed by atoms with Crippen LogP contribution in [0.5, 0.6) is 0 Å². The molecule has 0 bridgehead atoms. The monoisotopic (exact) mass is 754 g/mol. The molecule has 59 heavy (non-hydrogen) atoms. The average Bonchev–Trinajstić information content (AvgIpc) is 3.83. The second-order valence-electron chi connectivity index (χ2n) is 15.4. The van der Waals surface area contributed by atoms with Gasteiger partial charge in [-0.2, -0.15) is 0 Å². The third-order valence-corrected chi connectivity index (χ3v) is 12.1. The molecule has 0 spiro atoms. The molecule has 1 aliphatic rings. The number of benzene rings is 9. The van der Waals surface area contributed by atoms with Crippen LogP contribution in [-0.4, -0.2) is 9.13 Å². The summed E-state index contributed by atoms with van der Waals surface area (Å²) in [7, 11) is 0. The Bertz CT molecular complexity index is 3090. The zero-order chi connectivity index (χ0) is 38.9. The molecular weight excluding hydrogens is 717 g/mol. The Morgan fingerprint density at radius 1 is 0.305 bits per heavy atom. The maximum atomic E-state index is 2.44. The molecule has 3 heterocycles. The molecule has 4 heteroatoms. The molecule has 0 fully saturated rings. The van der Waals surface area contributed by atoms with E-state index in [2.05, 4.69) is 237 Å². The number of rotatable bonds is 6. The lowest BCUT2D eigenvalue weighted by molar-refractivity contribution is 0.961. The van der Waals surface area contributed by atoms with Gasteiger partial charge in [0.15, 0.2) is 0 Å². The summed E-state index contributed by atoms with van der Waals surface area (Å²) < 4.78 is 4.76. The number of hydrogen-bond donors (Lipinski definition) is 0. The second-order valence-corrected chi connectivity index (χ2v) is 15.4. The molecule has 1 aliphatic heterocycles. The number of fused-ring (bicyclic) bond motifs is 9. The van der Waals surface area contributed by atoms with E-state index in [0.29, 0.717) is 0 Å². The minimum Gasteiger partial charge on any atom is -0.336 e. The molecular formula is C55H38N4. The Morgan fingerprint density at radius 2 is 0.661 bits per heavy atom. The van der Waals surface area contributed by atoms with Crippen molar-refractivity contribution in [3.05, 3.63) is 224 Å². The van der Waals surface area contributed by atoms with Crippen LogP contribution in [0.1, 0.15) is 5.56 Å². The maximum Gasteiger partial charge on any atom is 0.0541 e. The molecule has 0 saturated heterocycles. The Labute approximate surface area is 342 Å². The zero-order valence-corrected chi connectivity index (χ0v) is 32.3. The number of aromatic nitrogens is 2. The first-order valence-electron chi connectivity index (χ1n) is 20.3. The van der Waals surface area contributed by atoms with Crippen LogP contribution in [0.3, 0.4) is 0 Å². The van der Waals surface area contributed by atoms with Gasteiger partial charge in [-0.25, -0.2) is 0 Å². The van der Waals surface area contributed by atoms with Gasteiger partial charge in [-0.15, -0.1) is 0 Å². The SMILES string of the molecule is c1ccc2c(c1)CN(c1ccc(N(c3ccc(-n4c5ccccc5c5ccccc54)cc3)c3ccc(-n4c5ccccc5c5ccccc54)cc3)cc1)c1ccccc1-2. The topological polar surface area (TPSA) is 16.3 Å². The van der Waals surface area contributed by atoms with Gasteiger partial charge in [-0.05, 0) is 114 Å². The van der Waals surface area contributed by atoms with Gasteiger partial charge in [-0.1, -0.05) is 115 Å². The molecule has 0 unspecified atom stereocenters. The van der Waals surface area contributed by atoms with E-state index in [1.54, 1.807) is 0 Å². The summed E-state index contributed by atoms with van der Waals surface area (Å²) in [5, 5.41) is 5.04. The Morgan fingerprint density at radius 3 is 1.12 bits per heavy atom. The minimum absolute atomic E-state index is 0.824. The molecule has 2 aromatic heterocycles. The third kappa shape index (κ3) is 5.30. The first-order chi connectivity index (χ1) is 29.3. The van der Waals surface area contributed by atoms with Gasteiger partial charge < -0.3 is 18.9 Å². The van der Waals surface area contributed by atoms with Crippen LogP contribution >= 0.6 is 0 Å². The molecule has 9 aromatic carbocycles. The van der Waals surface area contributed by atoms with Crippen LogP contribution < -0.4 is 9.80 Å². The van der Waals surface area contributed by atoms with E-state index in [0.717, 1.165) is 35.0 Å². The minimum atomic E-state index is 0.824. The standard InChI is InChI=1S/C55H38N4/c1-2-14-45-38(13-1)37-56(51-20-8-3-15-46(45)51)39-25-27-40(28-26-39)57(41-29-33-43(34-30-41)58-52-21-9-4-16-47(52)48-17-5-10-22-53(48)58)42-31-35-44(36-32-42)59-54-23-11-6-18-49(54)50-19-7-12-24-55(50)59/h1-36H,37H2. The summed E-state index contributed by atoms with van der Waals surface area (Å²) in [5.41, 5.74) is 16.7. The van der Waals surface area contributed by atoms with Crippen molar-refractivity contribution in [2.75, 3.05) is 9.80 Å². The summed E-state index contributed by atoms with van der Waals surface area (Å²) >= 11 is 0. The predicted molar refractivity (Wildman–Crippen MR) is 248 cm³/mol.